The van der Waals surface area contributed by atoms with Gasteiger partial charge >= 0.3 is 0 Å². The summed E-state index contributed by atoms with van der Waals surface area (Å²) in [6.45, 7) is 4.10. The van der Waals surface area contributed by atoms with Crippen LogP contribution in [0, 0.1) is 11.7 Å². The zero-order valence-electron chi connectivity index (χ0n) is 9.45. The molecule has 2 nitrogen and oxygen atoms in total. The average molecular weight is 290 g/mol. The highest BCUT2D eigenvalue weighted by Gasteiger charge is 2.18. The highest BCUT2D eigenvalue weighted by molar-refractivity contribution is 9.10. The first-order valence-corrected chi connectivity index (χ1v) is 6.09. The highest BCUT2D eigenvalue weighted by Crippen LogP contribution is 2.24. The van der Waals surface area contributed by atoms with Crippen molar-refractivity contribution in [3.63, 3.8) is 0 Å². The molecule has 16 heavy (non-hydrogen) atoms. The van der Waals surface area contributed by atoms with E-state index in [1.165, 1.54) is 6.07 Å². The van der Waals surface area contributed by atoms with E-state index in [-0.39, 0.29) is 11.9 Å². The van der Waals surface area contributed by atoms with Crippen molar-refractivity contribution in [2.75, 3.05) is 0 Å². The Kier molecular flexibility index (Phi) is 4.89. The molecule has 0 aliphatic rings. The normalized spacial score (nSPS) is 15.2. The van der Waals surface area contributed by atoms with Crippen molar-refractivity contribution in [2.24, 2.45) is 11.7 Å². The molecule has 2 unspecified atom stereocenters. The summed E-state index contributed by atoms with van der Waals surface area (Å²) in [7, 11) is 0. The van der Waals surface area contributed by atoms with Crippen molar-refractivity contribution in [3.8, 4) is 0 Å². The van der Waals surface area contributed by atoms with Gasteiger partial charge in [-0.25, -0.2) is 4.39 Å². The van der Waals surface area contributed by atoms with Crippen LogP contribution in [-0.2, 0) is 0 Å². The molecular weight excluding hydrogens is 273 g/mol. The number of nitrogens with two attached hydrogens (primary N) is 1. The Bertz CT molecular complexity index is 357. The predicted molar refractivity (Wildman–Crippen MR) is 66.5 cm³/mol. The minimum atomic E-state index is -0.751. The van der Waals surface area contributed by atoms with Gasteiger partial charge in [0.15, 0.2) is 0 Å². The lowest BCUT2D eigenvalue weighted by Gasteiger charge is -2.21. The quantitative estimate of drug-likeness (QED) is 0.895. The number of aliphatic hydroxyl groups excluding tert-OH is 1. The molecule has 0 heterocycles. The maximum atomic E-state index is 13.0. The third-order valence-corrected chi connectivity index (χ3v) is 3.04. The summed E-state index contributed by atoms with van der Waals surface area (Å²) in [4.78, 5) is 0. The molecule has 1 rings (SSSR count). The van der Waals surface area contributed by atoms with Crippen molar-refractivity contribution >= 4 is 15.9 Å². The third-order valence-electron chi connectivity index (χ3n) is 2.43. The molecule has 0 bridgehead atoms. The van der Waals surface area contributed by atoms with Gasteiger partial charge in [-0.15, -0.1) is 0 Å². The lowest BCUT2D eigenvalue weighted by Crippen LogP contribution is -2.29. The van der Waals surface area contributed by atoms with E-state index in [1.807, 2.05) is 13.8 Å². The first-order chi connectivity index (χ1) is 7.41. The van der Waals surface area contributed by atoms with E-state index >= 15 is 0 Å². The summed E-state index contributed by atoms with van der Waals surface area (Å²) in [6.07, 6.45) is -0.0183. The van der Waals surface area contributed by atoms with Gasteiger partial charge in [0.25, 0.3) is 0 Å². The molecule has 1 aromatic rings. The monoisotopic (exact) mass is 289 g/mol. The van der Waals surface area contributed by atoms with Crippen molar-refractivity contribution in [3.05, 3.63) is 34.1 Å². The second-order valence-electron chi connectivity index (χ2n) is 4.41. The summed E-state index contributed by atoms with van der Waals surface area (Å²) < 4.78 is 13.4. The fourth-order valence-corrected chi connectivity index (χ4v) is 2.01. The van der Waals surface area contributed by atoms with Crippen LogP contribution in [0.3, 0.4) is 0 Å². The van der Waals surface area contributed by atoms with Crippen LogP contribution >= 0.6 is 15.9 Å². The maximum absolute atomic E-state index is 13.0. The molecule has 4 heteroatoms. The Balaban J connectivity index is 2.79. The summed E-state index contributed by atoms with van der Waals surface area (Å²) >= 11 is 3.09. The Hall–Kier alpha value is -0.450. The van der Waals surface area contributed by atoms with Crippen molar-refractivity contribution in [2.45, 2.75) is 32.4 Å². The van der Waals surface area contributed by atoms with Crippen LogP contribution in [0.5, 0.6) is 0 Å². The van der Waals surface area contributed by atoms with Gasteiger partial charge in [0.05, 0.1) is 10.6 Å². The van der Waals surface area contributed by atoms with Crippen LogP contribution in [0.25, 0.3) is 0 Å². The molecule has 3 N–H and O–H groups in total. The first kappa shape index (κ1) is 13.6. The maximum Gasteiger partial charge on any atom is 0.137 e. The number of rotatable bonds is 4. The van der Waals surface area contributed by atoms with E-state index in [0.717, 1.165) is 6.42 Å². The molecule has 0 amide bonds. The van der Waals surface area contributed by atoms with E-state index < -0.39 is 6.10 Å². The van der Waals surface area contributed by atoms with Gasteiger partial charge in [0.2, 0.25) is 0 Å². The van der Waals surface area contributed by atoms with E-state index in [9.17, 15) is 9.50 Å². The van der Waals surface area contributed by atoms with Gasteiger partial charge in [-0.05, 0) is 46.0 Å². The van der Waals surface area contributed by atoms with Gasteiger partial charge in [-0.2, -0.15) is 0 Å². The molecule has 0 saturated carbocycles. The van der Waals surface area contributed by atoms with Crippen molar-refractivity contribution < 1.29 is 9.50 Å². The fourth-order valence-electron chi connectivity index (χ4n) is 1.62. The molecule has 2 atom stereocenters. The smallest absolute Gasteiger partial charge is 0.137 e. The number of benzene rings is 1. The van der Waals surface area contributed by atoms with Crippen LogP contribution in [-0.4, -0.2) is 11.1 Å². The van der Waals surface area contributed by atoms with Gasteiger partial charge in [-0.3, -0.25) is 0 Å². The zero-order chi connectivity index (χ0) is 12.3. The SMILES string of the molecule is CC(C)CC(N)C(O)c1ccc(F)c(Br)c1. The van der Waals surface area contributed by atoms with E-state index in [1.54, 1.807) is 12.1 Å². The van der Waals surface area contributed by atoms with Gasteiger partial charge in [0.1, 0.15) is 5.82 Å². The third kappa shape index (κ3) is 3.54. The Morgan fingerprint density at radius 3 is 2.56 bits per heavy atom. The Morgan fingerprint density at radius 1 is 1.44 bits per heavy atom. The van der Waals surface area contributed by atoms with Crippen molar-refractivity contribution in [1.29, 1.82) is 0 Å². The summed E-state index contributed by atoms with van der Waals surface area (Å²) in [6, 6.07) is 4.13. The minimum absolute atomic E-state index is 0.322. The van der Waals surface area contributed by atoms with Gasteiger partial charge in [-0.1, -0.05) is 19.9 Å². The summed E-state index contributed by atoms with van der Waals surface area (Å²) in [5, 5.41) is 9.98. The Labute approximate surface area is 104 Å². The van der Waals surface area contributed by atoms with E-state index in [4.69, 9.17) is 5.73 Å². The molecule has 0 radical (unpaired) electrons. The summed E-state index contributed by atoms with van der Waals surface area (Å²) in [5.41, 5.74) is 6.52. The molecule has 0 aromatic heterocycles. The lowest BCUT2D eigenvalue weighted by molar-refractivity contribution is 0.136. The molecule has 0 aliphatic heterocycles. The van der Waals surface area contributed by atoms with E-state index in [2.05, 4.69) is 15.9 Å². The largest absolute Gasteiger partial charge is 0.387 e. The molecule has 0 fully saturated rings. The molecule has 0 spiro atoms. The van der Waals surface area contributed by atoms with Crippen molar-refractivity contribution in [1.82, 2.24) is 0 Å². The van der Waals surface area contributed by atoms with Crippen LogP contribution in [0.2, 0.25) is 0 Å². The number of hydrogen-bond acceptors (Lipinski definition) is 2. The number of hydrogen-bond donors (Lipinski definition) is 2. The molecular formula is C12H17BrFNO. The molecule has 0 aliphatic carbocycles. The van der Waals surface area contributed by atoms with Gasteiger partial charge in [0, 0.05) is 6.04 Å². The number of aliphatic hydroxyl groups is 1. The second kappa shape index (κ2) is 5.75. The fraction of sp³-hybridized carbons (Fsp3) is 0.500. The van der Waals surface area contributed by atoms with E-state index in [0.29, 0.717) is 16.0 Å². The zero-order valence-corrected chi connectivity index (χ0v) is 11.0. The van der Waals surface area contributed by atoms with Crippen LogP contribution in [0.15, 0.2) is 22.7 Å². The summed E-state index contributed by atoms with van der Waals surface area (Å²) in [5.74, 6) is 0.0851. The van der Waals surface area contributed by atoms with Crippen LogP contribution < -0.4 is 5.73 Å². The highest BCUT2D eigenvalue weighted by atomic mass is 79.9. The minimum Gasteiger partial charge on any atom is -0.387 e. The van der Waals surface area contributed by atoms with Crippen LogP contribution in [0.1, 0.15) is 31.9 Å². The molecule has 1 aromatic carbocycles. The molecule has 90 valence electrons. The molecule has 0 saturated heterocycles. The average Bonchev–Trinajstić information content (AvgIpc) is 2.20. The second-order valence-corrected chi connectivity index (χ2v) is 5.27. The first-order valence-electron chi connectivity index (χ1n) is 5.30. The number of halogens is 2. The van der Waals surface area contributed by atoms with Crippen LogP contribution in [0.4, 0.5) is 4.39 Å². The topological polar surface area (TPSA) is 46.2 Å². The standard InChI is InChI=1S/C12H17BrFNO/c1-7(2)5-11(15)12(16)8-3-4-10(14)9(13)6-8/h3-4,6-7,11-12,16H,5,15H2,1-2H3. The predicted octanol–water partition coefficient (Wildman–Crippen LogP) is 3.00. The van der Waals surface area contributed by atoms with Gasteiger partial charge < -0.3 is 10.8 Å². The lowest BCUT2D eigenvalue weighted by atomic mass is 9.95. The Morgan fingerprint density at radius 2 is 2.06 bits per heavy atom.